The van der Waals surface area contributed by atoms with Gasteiger partial charge in [0.05, 0.1) is 5.02 Å². The molecule has 0 aliphatic carbocycles. The molecular weight excluding hydrogens is 279 g/mol. The SMILES string of the molecule is O=C(Nc1ccc(F)c(Cl)c1)[C@@H]1Cc2ccccc2N1. The van der Waals surface area contributed by atoms with Gasteiger partial charge in [0.15, 0.2) is 0 Å². The smallest absolute Gasteiger partial charge is 0.247 e. The number of rotatable bonds is 2. The van der Waals surface area contributed by atoms with Gasteiger partial charge >= 0.3 is 0 Å². The molecule has 3 rings (SSSR count). The molecule has 0 radical (unpaired) electrons. The molecule has 0 bridgehead atoms. The Morgan fingerprint density at radius 2 is 2.10 bits per heavy atom. The molecule has 5 heteroatoms. The standard InChI is InChI=1S/C15H12ClFN2O/c16-11-8-10(5-6-12(11)17)18-15(20)14-7-9-3-1-2-4-13(9)19-14/h1-6,8,14,19H,7H2,(H,18,20)/t14-/m0/s1. The molecule has 20 heavy (non-hydrogen) atoms. The van der Waals surface area contributed by atoms with E-state index in [-0.39, 0.29) is 17.0 Å². The normalized spacial score (nSPS) is 16.4. The van der Waals surface area contributed by atoms with Crippen molar-refractivity contribution in [2.45, 2.75) is 12.5 Å². The number of anilines is 2. The first kappa shape index (κ1) is 12.9. The van der Waals surface area contributed by atoms with Crippen LogP contribution in [0.3, 0.4) is 0 Å². The number of halogens is 2. The summed E-state index contributed by atoms with van der Waals surface area (Å²) in [5, 5.41) is 5.89. The minimum atomic E-state index is -0.504. The number of hydrogen-bond donors (Lipinski definition) is 2. The van der Waals surface area contributed by atoms with Crippen molar-refractivity contribution in [3.05, 3.63) is 58.9 Å². The summed E-state index contributed by atoms with van der Waals surface area (Å²) in [6.07, 6.45) is 0.636. The van der Waals surface area contributed by atoms with Gasteiger partial charge in [0, 0.05) is 17.8 Å². The first-order chi connectivity index (χ1) is 9.63. The Bertz CT molecular complexity index is 650. The molecule has 1 atom stereocenters. The quantitative estimate of drug-likeness (QED) is 0.889. The Balaban J connectivity index is 1.71. The second kappa shape index (κ2) is 5.13. The third kappa shape index (κ3) is 2.47. The number of carbonyl (C=O) groups excluding carboxylic acids is 1. The van der Waals surface area contributed by atoms with Crippen molar-refractivity contribution in [2.75, 3.05) is 10.6 Å². The summed E-state index contributed by atoms with van der Waals surface area (Å²) < 4.78 is 13.1. The second-order valence-corrected chi connectivity index (χ2v) is 5.08. The van der Waals surface area contributed by atoms with Crippen LogP contribution in [0.15, 0.2) is 42.5 Å². The predicted octanol–water partition coefficient (Wildman–Crippen LogP) is 3.45. The maximum atomic E-state index is 13.1. The van der Waals surface area contributed by atoms with Gasteiger partial charge in [-0.2, -0.15) is 0 Å². The predicted molar refractivity (Wildman–Crippen MR) is 77.6 cm³/mol. The first-order valence-corrected chi connectivity index (χ1v) is 6.61. The lowest BCUT2D eigenvalue weighted by Crippen LogP contribution is -2.32. The average molecular weight is 291 g/mol. The van der Waals surface area contributed by atoms with Gasteiger partial charge < -0.3 is 10.6 Å². The Morgan fingerprint density at radius 3 is 2.85 bits per heavy atom. The number of carbonyl (C=O) groups is 1. The van der Waals surface area contributed by atoms with E-state index in [1.807, 2.05) is 24.3 Å². The Hall–Kier alpha value is -2.07. The number of amides is 1. The summed E-state index contributed by atoms with van der Waals surface area (Å²) in [4.78, 5) is 12.2. The lowest BCUT2D eigenvalue weighted by molar-refractivity contribution is -0.116. The molecule has 2 aromatic carbocycles. The molecule has 3 nitrogen and oxygen atoms in total. The maximum absolute atomic E-state index is 13.1. The van der Waals surface area contributed by atoms with Crippen molar-refractivity contribution >= 4 is 28.9 Å². The zero-order valence-corrected chi connectivity index (χ0v) is 11.2. The van der Waals surface area contributed by atoms with Crippen molar-refractivity contribution in [3.8, 4) is 0 Å². The minimum absolute atomic E-state index is 0.00883. The summed E-state index contributed by atoms with van der Waals surface area (Å²) in [5.41, 5.74) is 2.58. The number of nitrogens with one attached hydrogen (secondary N) is 2. The molecule has 2 N–H and O–H groups in total. The van der Waals surface area contributed by atoms with Crippen LogP contribution < -0.4 is 10.6 Å². The van der Waals surface area contributed by atoms with E-state index < -0.39 is 5.82 Å². The third-order valence-electron chi connectivity index (χ3n) is 3.27. The molecule has 0 saturated carbocycles. The molecular formula is C15H12ClFN2O. The highest BCUT2D eigenvalue weighted by molar-refractivity contribution is 6.31. The molecule has 0 saturated heterocycles. The maximum Gasteiger partial charge on any atom is 0.247 e. The summed E-state index contributed by atoms with van der Waals surface area (Å²) >= 11 is 5.69. The highest BCUT2D eigenvalue weighted by atomic mass is 35.5. The fraction of sp³-hybridized carbons (Fsp3) is 0.133. The second-order valence-electron chi connectivity index (χ2n) is 4.68. The van der Waals surface area contributed by atoms with Gasteiger partial charge in [-0.05, 0) is 29.8 Å². The van der Waals surface area contributed by atoms with Crippen molar-refractivity contribution in [3.63, 3.8) is 0 Å². The largest absolute Gasteiger partial charge is 0.373 e. The summed E-state index contributed by atoms with van der Waals surface area (Å²) in [5.74, 6) is -0.667. The molecule has 0 fully saturated rings. The topological polar surface area (TPSA) is 41.1 Å². The molecule has 1 heterocycles. The van der Waals surface area contributed by atoms with Crippen LogP contribution >= 0.6 is 11.6 Å². The Labute approximate surface area is 120 Å². The van der Waals surface area contributed by atoms with E-state index in [2.05, 4.69) is 10.6 Å². The molecule has 0 spiro atoms. The van der Waals surface area contributed by atoms with Crippen molar-refractivity contribution in [2.24, 2.45) is 0 Å². The van der Waals surface area contributed by atoms with Crippen LogP contribution in [-0.4, -0.2) is 11.9 Å². The van der Waals surface area contributed by atoms with E-state index >= 15 is 0 Å². The van der Waals surface area contributed by atoms with Crippen LogP contribution in [0.1, 0.15) is 5.56 Å². The molecule has 1 aliphatic rings. The highest BCUT2D eigenvalue weighted by Gasteiger charge is 2.26. The fourth-order valence-corrected chi connectivity index (χ4v) is 2.44. The highest BCUT2D eigenvalue weighted by Crippen LogP contribution is 2.26. The van der Waals surface area contributed by atoms with Crippen molar-refractivity contribution in [1.82, 2.24) is 0 Å². The van der Waals surface area contributed by atoms with Gasteiger partial charge in [0.1, 0.15) is 11.9 Å². The van der Waals surface area contributed by atoms with E-state index in [9.17, 15) is 9.18 Å². The van der Waals surface area contributed by atoms with E-state index in [1.54, 1.807) is 0 Å². The van der Waals surface area contributed by atoms with Crippen LogP contribution in [0.5, 0.6) is 0 Å². The zero-order valence-electron chi connectivity index (χ0n) is 10.5. The van der Waals surface area contributed by atoms with Gasteiger partial charge in [-0.3, -0.25) is 4.79 Å². The molecule has 1 aliphatic heterocycles. The lowest BCUT2D eigenvalue weighted by atomic mass is 10.1. The van der Waals surface area contributed by atoms with Crippen LogP contribution in [0.4, 0.5) is 15.8 Å². The zero-order chi connectivity index (χ0) is 14.1. The fourth-order valence-electron chi connectivity index (χ4n) is 2.26. The number of hydrogen-bond acceptors (Lipinski definition) is 2. The van der Waals surface area contributed by atoms with Crippen molar-refractivity contribution in [1.29, 1.82) is 0 Å². The van der Waals surface area contributed by atoms with Crippen LogP contribution in [0, 0.1) is 5.82 Å². The average Bonchev–Trinajstić information content (AvgIpc) is 2.87. The van der Waals surface area contributed by atoms with Crippen molar-refractivity contribution < 1.29 is 9.18 Å². The van der Waals surface area contributed by atoms with Gasteiger partial charge in [-0.25, -0.2) is 4.39 Å². The number of para-hydroxylation sites is 1. The van der Waals surface area contributed by atoms with Crippen LogP contribution in [0.25, 0.3) is 0 Å². The summed E-state index contributed by atoms with van der Waals surface area (Å²) in [7, 11) is 0. The first-order valence-electron chi connectivity index (χ1n) is 6.24. The Kier molecular flexibility index (Phi) is 3.32. The Morgan fingerprint density at radius 1 is 1.30 bits per heavy atom. The lowest BCUT2D eigenvalue weighted by Gasteiger charge is -2.12. The van der Waals surface area contributed by atoms with Crippen LogP contribution in [-0.2, 0) is 11.2 Å². The van der Waals surface area contributed by atoms with E-state index in [1.165, 1.54) is 18.2 Å². The van der Waals surface area contributed by atoms with E-state index in [0.29, 0.717) is 12.1 Å². The molecule has 2 aromatic rings. The van der Waals surface area contributed by atoms with Crippen LogP contribution in [0.2, 0.25) is 5.02 Å². The monoisotopic (exact) mass is 290 g/mol. The van der Waals surface area contributed by atoms with Gasteiger partial charge in [-0.1, -0.05) is 29.8 Å². The molecule has 102 valence electrons. The minimum Gasteiger partial charge on any atom is -0.373 e. The third-order valence-corrected chi connectivity index (χ3v) is 3.56. The van der Waals surface area contributed by atoms with E-state index in [4.69, 9.17) is 11.6 Å². The summed E-state index contributed by atoms with van der Waals surface area (Å²) in [6, 6.07) is 11.6. The summed E-state index contributed by atoms with van der Waals surface area (Å²) in [6.45, 7) is 0. The molecule has 0 aromatic heterocycles. The van der Waals surface area contributed by atoms with Gasteiger partial charge in [-0.15, -0.1) is 0 Å². The number of fused-ring (bicyclic) bond motifs is 1. The number of benzene rings is 2. The van der Waals surface area contributed by atoms with Gasteiger partial charge in [0.25, 0.3) is 0 Å². The van der Waals surface area contributed by atoms with E-state index in [0.717, 1.165) is 11.3 Å². The molecule has 1 amide bonds. The molecule has 0 unspecified atom stereocenters. The van der Waals surface area contributed by atoms with Gasteiger partial charge in [0.2, 0.25) is 5.91 Å².